The van der Waals surface area contributed by atoms with Crippen LogP contribution in [0.2, 0.25) is 0 Å². The normalized spacial score (nSPS) is 8.50. The van der Waals surface area contributed by atoms with Gasteiger partial charge in [0.25, 0.3) is 0 Å². The van der Waals surface area contributed by atoms with Gasteiger partial charge in [-0.05, 0) is 18.4 Å². The van der Waals surface area contributed by atoms with E-state index in [0.29, 0.717) is 6.61 Å². The summed E-state index contributed by atoms with van der Waals surface area (Å²) in [7, 11) is 0. The Labute approximate surface area is 145 Å². The van der Waals surface area contributed by atoms with Crippen LogP contribution in [-0.2, 0) is 23.9 Å². The van der Waals surface area contributed by atoms with Crippen LogP contribution in [0.1, 0.15) is 46.5 Å². The Kier molecular flexibility index (Phi) is 22.8. The topological polar surface area (TPSA) is 95.7 Å². The first-order valence-corrected chi connectivity index (χ1v) is 7.70. The maximum atomic E-state index is 10.6. The first kappa shape index (κ1) is 26.5. The average Bonchev–Trinajstić information content (AvgIpc) is 2.51. The molecule has 0 heterocycles. The number of ether oxygens (including phenoxy) is 2. The Balaban J connectivity index is -0.000000332. The number of amides is 1. The molecule has 0 aliphatic carbocycles. The molecule has 138 valence electrons. The molecule has 2 N–H and O–H groups in total. The fourth-order valence-corrected chi connectivity index (χ4v) is 1.18. The molecule has 0 aliphatic heterocycles. The molecule has 1 amide bonds. The van der Waals surface area contributed by atoms with Crippen molar-refractivity contribution >= 4 is 17.8 Å². The van der Waals surface area contributed by atoms with Crippen LogP contribution in [0.5, 0.6) is 0 Å². The molecule has 0 bridgehead atoms. The first-order valence-electron chi connectivity index (χ1n) is 7.70. The predicted molar refractivity (Wildman–Crippen MR) is 95.8 cm³/mol. The van der Waals surface area contributed by atoms with E-state index in [1.807, 2.05) is 0 Å². The summed E-state index contributed by atoms with van der Waals surface area (Å²) in [5.41, 5.74) is 4.53. The summed E-state index contributed by atoms with van der Waals surface area (Å²) in [6, 6.07) is 0. The van der Waals surface area contributed by atoms with Crippen molar-refractivity contribution in [2.45, 2.75) is 46.5 Å². The second kappa shape index (κ2) is 20.6. The number of nitrogens with two attached hydrogens (primary N) is 1. The number of rotatable bonds is 9. The molecule has 0 radical (unpaired) electrons. The number of carbonyl (C=O) groups excluding carboxylic acids is 3. The standard InChI is InChI=1S/C11H20O2.C4H6O2.C3H5NO/c1-4-11(12)13-9-7-5-6-8-10(2)3;1-3-6-4(2)5;1-2-3(4)5/h4,10H,1,5-9H2,2-3H3;3H,1H2,2H3;2H,1H2,(H2,4,5). The van der Waals surface area contributed by atoms with Gasteiger partial charge in [0.1, 0.15) is 0 Å². The SMILES string of the molecule is C=CC(=O)OCCCCCC(C)C.C=CC(N)=O.C=COC(C)=O. The second-order valence-corrected chi connectivity index (χ2v) is 5.00. The van der Waals surface area contributed by atoms with Gasteiger partial charge in [-0.3, -0.25) is 9.59 Å². The molecule has 0 saturated heterocycles. The van der Waals surface area contributed by atoms with Crippen molar-refractivity contribution in [3.8, 4) is 0 Å². The van der Waals surface area contributed by atoms with E-state index in [4.69, 9.17) is 4.74 Å². The van der Waals surface area contributed by atoms with E-state index in [1.54, 1.807) is 0 Å². The Morgan fingerprint density at radius 2 is 1.58 bits per heavy atom. The zero-order valence-electron chi connectivity index (χ0n) is 15.1. The molecular weight excluding hydrogens is 310 g/mol. The minimum atomic E-state index is -0.481. The molecule has 0 aromatic heterocycles. The van der Waals surface area contributed by atoms with Crippen molar-refractivity contribution < 1.29 is 23.9 Å². The highest BCUT2D eigenvalue weighted by Gasteiger charge is 1.96. The number of unbranched alkanes of at least 4 members (excludes halogenated alkanes) is 2. The molecule has 0 aromatic carbocycles. The highest BCUT2D eigenvalue weighted by atomic mass is 16.5. The number of primary amides is 1. The first-order chi connectivity index (χ1) is 11.2. The van der Waals surface area contributed by atoms with Gasteiger partial charge in [0.05, 0.1) is 12.9 Å². The monoisotopic (exact) mass is 341 g/mol. The summed E-state index contributed by atoms with van der Waals surface area (Å²) in [5, 5.41) is 0. The summed E-state index contributed by atoms with van der Waals surface area (Å²) in [6.07, 6.45) is 7.95. The molecule has 0 rings (SSSR count). The minimum Gasteiger partial charge on any atom is -0.463 e. The Morgan fingerprint density at radius 1 is 1.04 bits per heavy atom. The quantitative estimate of drug-likeness (QED) is 0.300. The summed E-state index contributed by atoms with van der Waals surface area (Å²) in [4.78, 5) is 29.8. The van der Waals surface area contributed by atoms with Crippen LogP contribution < -0.4 is 5.73 Å². The number of carbonyl (C=O) groups is 3. The van der Waals surface area contributed by atoms with Crippen LogP contribution >= 0.6 is 0 Å². The fraction of sp³-hybridized carbons (Fsp3) is 0.500. The lowest BCUT2D eigenvalue weighted by atomic mass is 10.1. The maximum Gasteiger partial charge on any atom is 0.330 e. The molecule has 24 heavy (non-hydrogen) atoms. The largest absolute Gasteiger partial charge is 0.463 e. The van der Waals surface area contributed by atoms with Gasteiger partial charge in [-0.1, -0.05) is 52.8 Å². The average molecular weight is 341 g/mol. The lowest BCUT2D eigenvalue weighted by molar-refractivity contribution is -0.138. The molecular formula is C18H31NO5. The van der Waals surface area contributed by atoms with Crippen molar-refractivity contribution in [1.82, 2.24) is 0 Å². The summed E-state index contributed by atoms with van der Waals surface area (Å²) in [6.45, 7) is 15.9. The third-order valence-electron chi connectivity index (χ3n) is 2.29. The Hall–Kier alpha value is -2.37. The third-order valence-corrected chi connectivity index (χ3v) is 2.29. The van der Waals surface area contributed by atoms with E-state index in [2.05, 4.69) is 44.1 Å². The number of hydrogen-bond acceptors (Lipinski definition) is 5. The Morgan fingerprint density at radius 3 is 1.88 bits per heavy atom. The lowest BCUT2D eigenvalue weighted by Crippen LogP contribution is -2.04. The molecule has 0 spiro atoms. The fourth-order valence-electron chi connectivity index (χ4n) is 1.18. The van der Waals surface area contributed by atoms with Gasteiger partial charge in [0.2, 0.25) is 5.91 Å². The Bertz CT molecular complexity index is 389. The molecule has 6 heteroatoms. The van der Waals surface area contributed by atoms with Crippen molar-refractivity contribution in [3.05, 3.63) is 38.2 Å². The molecule has 0 unspecified atom stereocenters. The van der Waals surface area contributed by atoms with E-state index in [9.17, 15) is 14.4 Å². The molecule has 0 saturated carbocycles. The van der Waals surface area contributed by atoms with Crippen LogP contribution in [0.15, 0.2) is 38.2 Å². The minimum absolute atomic E-state index is 0.316. The summed E-state index contributed by atoms with van der Waals surface area (Å²) < 4.78 is 9.01. The molecule has 0 aliphatic rings. The van der Waals surface area contributed by atoms with Crippen molar-refractivity contribution in [1.29, 1.82) is 0 Å². The van der Waals surface area contributed by atoms with Gasteiger partial charge in [-0.2, -0.15) is 0 Å². The molecule has 0 atom stereocenters. The van der Waals surface area contributed by atoms with E-state index < -0.39 is 5.91 Å². The predicted octanol–water partition coefficient (Wildman–Crippen LogP) is 3.28. The third kappa shape index (κ3) is 36.7. The van der Waals surface area contributed by atoms with E-state index in [0.717, 1.165) is 31.1 Å². The lowest BCUT2D eigenvalue weighted by Gasteiger charge is -2.04. The molecule has 6 nitrogen and oxygen atoms in total. The van der Waals surface area contributed by atoms with Gasteiger partial charge in [-0.15, -0.1) is 0 Å². The van der Waals surface area contributed by atoms with Crippen LogP contribution in [-0.4, -0.2) is 24.5 Å². The summed E-state index contributed by atoms with van der Waals surface area (Å²) in [5.74, 6) is -0.352. The van der Waals surface area contributed by atoms with Gasteiger partial charge >= 0.3 is 11.9 Å². The van der Waals surface area contributed by atoms with Crippen molar-refractivity contribution in [2.75, 3.05) is 6.61 Å². The van der Waals surface area contributed by atoms with Gasteiger partial charge < -0.3 is 15.2 Å². The van der Waals surface area contributed by atoms with Gasteiger partial charge in [-0.25, -0.2) is 4.79 Å². The van der Waals surface area contributed by atoms with Crippen LogP contribution in [0.25, 0.3) is 0 Å². The smallest absolute Gasteiger partial charge is 0.330 e. The molecule has 0 fully saturated rings. The van der Waals surface area contributed by atoms with Crippen LogP contribution in [0.3, 0.4) is 0 Å². The zero-order chi connectivity index (χ0) is 19.4. The summed E-state index contributed by atoms with van der Waals surface area (Å²) >= 11 is 0. The van der Waals surface area contributed by atoms with Crippen molar-refractivity contribution in [2.24, 2.45) is 11.7 Å². The van der Waals surface area contributed by atoms with E-state index in [1.165, 1.54) is 25.8 Å². The van der Waals surface area contributed by atoms with Crippen LogP contribution in [0, 0.1) is 5.92 Å². The maximum absolute atomic E-state index is 10.6. The highest BCUT2D eigenvalue weighted by Crippen LogP contribution is 2.07. The van der Waals surface area contributed by atoms with Gasteiger partial charge in [0.15, 0.2) is 0 Å². The second-order valence-electron chi connectivity index (χ2n) is 5.00. The van der Waals surface area contributed by atoms with Crippen LogP contribution in [0.4, 0.5) is 0 Å². The molecule has 0 aromatic rings. The van der Waals surface area contributed by atoms with E-state index >= 15 is 0 Å². The number of hydrogen-bond donors (Lipinski definition) is 1. The zero-order valence-corrected chi connectivity index (χ0v) is 15.1. The van der Waals surface area contributed by atoms with Crippen molar-refractivity contribution in [3.63, 3.8) is 0 Å². The van der Waals surface area contributed by atoms with Gasteiger partial charge in [0, 0.05) is 13.0 Å². The van der Waals surface area contributed by atoms with E-state index in [-0.39, 0.29) is 11.9 Å². The number of esters is 2. The highest BCUT2D eigenvalue weighted by molar-refractivity contribution is 5.85.